The van der Waals surface area contributed by atoms with Crippen LogP contribution in [0.3, 0.4) is 0 Å². The Hall–Kier alpha value is -0.890. The molecule has 2 rings (SSSR count). The predicted molar refractivity (Wildman–Crippen MR) is 55.5 cm³/mol. The van der Waals surface area contributed by atoms with Gasteiger partial charge in [0.25, 0.3) is 0 Å². The first-order chi connectivity index (χ1) is 6.73. The fourth-order valence-corrected chi connectivity index (χ4v) is 2.48. The third-order valence-corrected chi connectivity index (χ3v) is 3.55. The molecule has 0 spiro atoms. The molecule has 2 N–H and O–H groups in total. The van der Waals surface area contributed by atoms with E-state index >= 15 is 0 Å². The summed E-state index contributed by atoms with van der Waals surface area (Å²) in [6, 6.07) is 6.95. The van der Waals surface area contributed by atoms with Gasteiger partial charge in [-0.05, 0) is 48.4 Å². The standard InChI is InChI=1S/C12H16FN/c1-2-12(7-10(12)8-14)9-4-3-5-11(13)6-9/h3-6,10H,2,7-8,14H2,1H3/t10-,12?/m0/s1. The lowest BCUT2D eigenvalue weighted by molar-refractivity contribution is 0.573. The first-order valence-corrected chi connectivity index (χ1v) is 5.19. The Balaban J connectivity index is 2.30. The quantitative estimate of drug-likeness (QED) is 0.784. The molecule has 0 saturated heterocycles. The summed E-state index contributed by atoms with van der Waals surface area (Å²) in [5.41, 5.74) is 6.96. The van der Waals surface area contributed by atoms with E-state index in [1.807, 2.05) is 6.07 Å². The van der Waals surface area contributed by atoms with Crippen LogP contribution in [0, 0.1) is 11.7 Å². The molecule has 0 bridgehead atoms. The normalized spacial score (nSPS) is 30.4. The molecule has 1 nitrogen and oxygen atoms in total. The Labute approximate surface area is 84.1 Å². The smallest absolute Gasteiger partial charge is 0.123 e. The van der Waals surface area contributed by atoms with E-state index in [4.69, 9.17) is 5.73 Å². The summed E-state index contributed by atoms with van der Waals surface area (Å²) < 4.78 is 13.1. The Bertz CT molecular complexity index is 337. The average Bonchev–Trinajstić information content (AvgIpc) is 2.93. The van der Waals surface area contributed by atoms with Gasteiger partial charge in [-0.1, -0.05) is 19.1 Å². The summed E-state index contributed by atoms with van der Waals surface area (Å²) in [7, 11) is 0. The first kappa shape index (κ1) is 9.66. The summed E-state index contributed by atoms with van der Waals surface area (Å²) in [6.07, 6.45) is 2.17. The molecule has 1 aromatic rings. The molecule has 2 atom stereocenters. The summed E-state index contributed by atoms with van der Waals surface area (Å²) >= 11 is 0. The van der Waals surface area contributed by atoms with Crippen molar-refractivity contribution in [2.45, 2.75) is 25.2 Å². The van der Waals surface area contributed by atoms with Crippen LogP contribution in [0.2, 0.25) is 0 Å². The number of hydrogen-bond donors (Lipinski definition) is 1. The molecule has 0 heterocycles. The highest BCUT2D eigenvalue weighted by molar-refractivity contribution is 5.34. The molecule has 0 radical (unpaired) electrons. The highest BCUT2D eigenvalue weighted by atomic mass is 19.1. The molecule has 1 aliphatic rings. The van der Waals surface area contributed by atoms with Gasteiger partial charge >= 0.3 is 0 Å². The molecule has 0 aromatic heterocycles. The lowest BCUT2D eigenvalue weighted by Gasteiger charge is -2.15. The zero-order valence-electron chi connectivity index (χ0n) is 8.46. The van der Waals surface area contributed by atoms with Gasteiger partial charge in [-0.2, -0.15) is 0 Å². The van der Waals surface area contributed by atoms with Crippen molar-refractivity contribution in [2.24, 2.45) is 11.7 Å². The summed E-state index contributed by atoms with van der Waals surface area (Å²) in [5, 5.41) is 0. The van der Waals surface area contributed by atoms with Crippen LogP contribution >= 0.6 is 0 Å². The second kappa shape index (κ2) is 3.35. The van der Waals surface area contributed by atoms with Crippen molar-refractivity contribution in [2.75, 3.05) is 6.54 Å². The van der Waals surface area contributed by atoms with Crippen LogP contribution < -0.4 is 5.73 Å². The van der Waals surface area contributed by atoms with Gasteiger partial charge in [0, 0.05) is 0 Å². The Kier molecular flexibility index (Phi) is 2.31. The van der Waals surface area contributed by atoms with Crippen LogP contribution in [0.15, 0.2) is 24.3 Å². The highest BCUT2D eigenvalue weighted by Gasteiger charge is 2.52. The molecule has 76 valence electrons. The minimum atomic E-state index is -0.141. The fourth-order valence-electron chi connectivity index (χ4n) is 2.48. The van der Waals surface area contributed by atoms with Crippen LogP contribution in [-0.4, -0.2) is 6.54 Å². The van der Waals surface area contributed by atoms with Crippen molar-refractivity contribution >= 4 is 0 Å². The number of nitrogens with two attached hydrogens (primary N) is 1. The minimum Gasteiger partial charge on any atom is -0.330 e. The van der Waals surface area contributed by atoms with Crippen molar-refractivity contribution in [1.29, 1.82) is 0 Å². The maximum atomic E-state index is 13.1. The number of hydrogen-bond acceptors (Lipinski definition) is 1. The van der Waals surface area contributed by atoms with E-state index in [2.05, 4.69) is 6.92 Å². The molecule has 1 fully saturated rings. The summed E-state index contributed by atoms with van der Waals surface area (Å²) in [4.78, 5) is 0. The highest BCUT2D eigenvalue weighted by Crippen LogP contribution is 2.56. The van der Waals surface area contributed by atoms with Gasteiger partial charge < -0.3 is 5.73 Å². The number of halogens is 1. The molecule has 14 heavy (non-hydrogen) atoms. The van der Waals surface area contributed by atoms with E-state index in [-0.39, 0.29) is 11.2 Å². The predicted octanol–water partition coefficient (Wildman–Crippen LogP) is 2.45. The SMILES string of the molecule is CCC1(c2cccc(F)c2)C[C@H]1CN. The second-order valence-electron chi connectivity index (χ2n) is 4.16. The molecule has 0 amide bonds. The van der Waals surface area contributed by atoms with Gasteiger partial charge in [-0.25, -0.2) is 4.39 Å². The van der Waals surface area contributed by atoms with Crippen LogP contribution in [-0.2, 0) is 5.41 Å². The number of benzene rings is 1. The third-order valence-electron chi connectivity index (χ3n) is 3.55. The monoisotopic (exact) mass is 193 g/mol. The van der Waals surface area contributed by atoms with Crippen molar-refractivity contribution in [3.8, 4) is 0 Å². The fraction of sp³-hybridized carbons (Fsp3) is 0.500. The van der Waals surface area contributed by atoms with E-state index in [1.165, 1.54) is 6.07 Å². The summed E-state index contributed by atoms with van der Waals surface area (Å²) in [5.74, 6) is 0.410. The van der Waals surface area contributed by atoms with Gasteiger partial charge in [-0.15, -0.1) is 0 Å². The molecule has 2 heteroatoms. The zero-order chi connectivity index (χ0) is 10.2. The molecule has 0 aliphatic heterocycles. The average molecular weight is 193 g/mol. The molecule has 1 unspecified atom stereocenters. The van der Waals surface area contributed by atoms with Gasteiger partial charge in [0.15, 0.2) is 0 Å². The van der Waals surface area contributed by atoms with Crippen molar-refractivity contribution < 1.29 is 4.39 Å². The lowest BCUT2D eigenvalue weighted by atomic mass is 9.90. The van der Waals surface area contributed by atoms with E-state index in [9.17, 15) is 4.39 Å². The molecule has 1 aliphatic carbocycles. The molecular formula is C12H16FN. The van der Waals surface area contributed by atoms with Gasteiger partial charge in [0.1, 0.15) is 5.82 Å². The van der Waals surface area contributed by atoms with Crippen molar-refractivity contribution in [1.82, 2.24) is 0 Å². The Morgan fingerprint density at radius 2 is 2.36 bits per heavy atom. The van der Waals surface area contributed by atoms with Crippen LogP contribution in [0.1, 0.15) is 25.3 Å². The van der Waals surface area contributed by atoms with E-state index < -0.39 is 0 Å². The van der Waals surface area contributed by atoms with Crippen molar-refractivity contribution in [3.05, 3.63) is 35.6 Å². The van der Waals surface area contributed by atoms with Gasteiger partial charge in [-0.3, -0.25) is 0 Å². The van der Waals surface area contributed by atoms with E-state index in [0.717, 1.165) is 18.4 Å². The van der Waals surface area contributed by atoms with Crippen LogP contribution in [0.25, 0.3) is 0 Å². The van der Waals surface area contributed by atoms with Crippen molar-refractivity contribution in [3.63, 3.8) is 0 Å². The van der Waals surface area contributed by atoms with E-state index in [0.29, 0.717) is 12.5 Å². The van der Waals surface area contributed by atoms with E-state index in [1.54, 1.807) is 12.1 Å². The topological polar surface area (TPSA) is 26.0 Å². The lowest BCUT2D eigenvalue weighted by Crippen LogP contribution is -2.14. The maximum absolute atomic E-state index is 13.1. The van der Waals surface area contributed by atoms with Gasteiger partial charge in [0.2, 0.25) is 0 Å². The Morgan fingerprint density at radius 3 is 2.86 bits per heavy atom. The minimum absolute atomic E-state index is 0.141. The third kappa shape index (κ3) is 1.34. The molecule has 1 saturated carbocycles. The largest absolute Gasteiger partial charge is 0.330 e. The molecule has 1 aromatic carbocycles. The maximum Gasteiger partial charge on any atom is 0.123 e. The summed E-state index contributed by atoms with van der Waals surface area (Å²) in [6.45, 7) is 2.87. The first-order valence-electron chi connectivity index (χ1n) is 5.19. The molecular weight excluding hydrogens is 177 g/mol. The Morgan fingerprint density at radius 1 is 1.57 bits per heavy atom. The zero-order valence-corrected chi connectivity index (χ0v) is 8.46. The van der Waals surface area contributed by atoms with Crippen LogP contribution in [0.4, 0.5) is 4.39 Å². The number of rotatable bonds is 3. The van der Waals surface area contributed by atoms with Gasteiger partial charge in [0.05, 0.1) is 0 Å². The second-order valence-corrected chi connectivity index (χ2v) is 4.16. The van der Waals surface area contributed by atoms with Crippen LogP contribution in [0.5, 0.6) is 0 Å².